The van der Waals surface area contributed by atoms with E-state index in [9.17, 15) is 0 Å². The molecule has 0 bridgehead atoms. The number of anilines is 2. The van der Waals surface area contributed by atoms with Crippen molar-refractivity contribution < 1.29 is 0 Å². The SMILES string of the molecule is CCCN(CCC)CCc1cc(N)c(N)c(Cl)c1. The molecule has 0 aliphatic rings. The molecular formula is C14H24ClN3. The first-order valence-corrected chi connectivity index (χ1v) is 7.02. The molecule has 1 aromatic rings. The third kappa shape index (κ3) is 4.39. The first-order valence-electron chi connectivity index (χ1n) is 6.64. The molecule has 0 fully saturated rings. The van der Waals surface area contributed by atoms with Gasteiger partial charge in [-0.25, -0.2) is 0 Å². The summed E-state index contributed by atoms with van der Waals surface area (Å²) >= 11 is 6.04. The molecule has 0 saturated heterocycles. The van der Waals surface area contributed by atoms with Gasteiger partial charge in [-0.15, -0.1) is 0 Å². The zero-order valence-corrected chi connectivity index (χ0v) is 12.1. The van der Waals surface area contributed by atoms with E-state index in [1.54, 1.807) is 0 Å². The van der Waals surface area contributed by atoms with E-state index < -0.39 is 0 Å². The molecule has 0 aliphatic carbocycles. The van der Waals surface area contributed by atoms with Crippen molar-refractivity contribution in [2.75, 3.05) is 31.1 Å². The smallest absolute Gasteiger partial charge is 0.0737 e. The lowest BCUT2D eigenvalue weighted by Gasteiger charge is -2.21. The topological polar surface area (TPSA) is 55.3 Å². The summed E-state index contributed by atoms with van der Waals surface area (Å²) in [6, 6.07) is 3.85. The van der Waals surface area contributed by atoms with Crippen LogP contribution in [0.4, 0.5) is 11.4 Å². The molecule has 0 radical (unpaired) electrons. The van der Waals surface area contributed by atoms with Crippen LogP contribution in [0.1, 0.15) is 32.3 Å². The van der Waals surface area contributed by atoms with E-state index in [1.807, 2.05) is 12.1 Å². The highest BCUT2D eigenvalue weighted by atomic mass is 35.5. The minimum atomic E-state index is 0.486. The van der Waals surface area contributed by atoms with Crippen molar-refractivity contribution in [3.8, 4) is 0 Å². The average molecular weight is 270 g/mol. The fourth-order valence-corrected chi connectivity index (χ4v) is 2.35. The van der Waals surface area contributed by atoms with Crippen LogP contribution in [0.3, 0.4) is 0 Å². The molecule has 0 aliphatic heterocycles. The lowest BCUT2D eigenvalue weighted by Crippen LogP contribution is -2.27. The first-order chi connectivity index (χ1) is 8.58. The minimum Gasteiger partial charge on any atom is -0.397 e. The number of hydrogen-bond donors (Lipinski definition) is 2. The molecule has 1 rings (SSSR count). The Morgan fingerprint density at radius 2 is 1.67 bits per heavy atom. The zero-order chi connectivity index (χ0) is 13.5. The Morgan fingerprint density at radius 3 is 2.17 bits per heavy atom. The summed E-state index contributed by atoms with van der Waals surface area (Å²) in [5.41, 5.74) is 13.8. The lowest BCUT2D eigenvalue weighted by atomic mass is 10.1. The van der Waals surface area contributed by atoms with E-state index in [1.165, 1.54) is 12.8 Å². The Bertz CT molecular complexity index is 350. The summed E-state index contributed by atoms with van der Waals surface area (Å²) in [4.78, 5) is 2.47. The van der Waals surface area contributed by atoms with Gasteiger partial charge in [0, 0.05) is 6.54 Å². The van der Waals surface area contributed by atoms with Crippen LogP contribution < -0.4 is 11.5 Å². The van der Waals surface area contributed by atoms with Gasteiger partial charge in [-0.05, 0) is 50.0 Å². The molecule has 18 heavy (non-hydrogen) atoms. The molecule has 0 heterocycles. The van der Waals surface area contributed by atoms with Crippen LogP contribution in [0.2, 0.25) is 5.02 Å². The maximum absolute atomic E-state index is 6.04. The molecule has 0 spiro atoms. The molecule has 3 nitrogen and oxygen atoms in total. The van der Waals surface area contributed by atoms with Crippen molar-refractivity contribution in [1.82, 2.24) is 4.90 Å². The molecular weight excluding hydrogens is 246 g/mol. The van der Waals surface area contributed by atoms with Crippen LogP contribution in [0.15, 0.2) is 12.1 Å². The molecule has 0 atom stereocenters. The highest BCUT2D eigenvalue weighted by molar-refractivity contribution is 6.33. The Hall–Kier alpha value is -0.930. The summed E-state index contributed by atoms with van der Waals surface area (Å²) in [6.07, 6.45) is 3.33. The fourth-order valence-electron chi connectivity index (χ4n) is 2.10. The van der Waals surface area contributed by atoms with Gasteiger partial charge in [0.05, 0.1) is 16.4 Å². The molecule has 0 amide bonds. The quantitative estimate of drug-likeness (QED) is 0.748. The van der Waals surface area contributed by atoms with E-state index in [0.29, 0.717) is 16.4 Å². The molecule has 1 aromatic carbocycles. The standard InChI is InChI=1S/C14H24ClN3/c1-3-6-18(7-4-2)8-5-11-9-12(15)14(17)13(16)10-11/h9-10H,3-8,16-17H2,1-2H3. The van der Waals surface area contributed by atoms with Gasteiger partial charge in [-0.2, -0.15) is 0 Å². The summed E-state index contributed by atoms with van der Waals surface area (Å²) in [7, 11) is 0. The number of nitrogens with two attached hydrogens (primary N) is 2. The highest BCUT2D eigenvalue weighted by Crippen LogP contribution is 2.27. The van der Waals surface area contributed by atoms with Gasteiger partial charge in [-0.1, -0.05) is 25.4 Å². The van der Waals surface area contributed by atoms with Gasteiger partial charge < -0.3 is 16.4 Å². The van der Waals surface area contributed by atoms with E-state index >= 15 is 0 Å². The molecule has 0 aromatic heterocycles. The van der Waals surface area contributed by atoms with Gasteiger partial charge in [0.25, 0.3) is 0 Å². The summed E-state index contributed by atoms with van der Waals surface area (Å²) in [6.45, 7) is 7.75. The van der Waals surface area contributed by atoms with Gasteiger partial charge in [0.1, 0.15) is 0 Å². The monoisotopic (exact) mass is 269 g/mol. The second-order valence-corrected chi connectivity index (χ2v) is 5.08. The Kier molecular flexibility index (Phi) is 6.30. The lowest BCUT2D eigenvalue weighted by molar-refractivity contribution is 0.278. The third-order valence-corrected chi connectivity index (χ3v) is 3.33. The zero-order valence-electron chi connectivity index (χ0n) is 11.4. The van der Waals surface area contributed by atoms with Gasteiger partial charge in [0.2, 0.25) is 0 Å². The molecule has 0 unspecified atom stereocenters. The number of nitrogen functional groups attached to an aromatic ring is 2. The van der Waals surface area contributed by atoms with E-state index in [0.717, 1.165) is 31.6 Å². The minimum absolute atomic E-state index is 0.486. The normalized spacial score (nSPS) is 11.1. The molecule has 0 saturated carbocycles. The van der Waals surface area contributed by atoms with Crippen LogP contribution in [-0.4, -0.2) is 24.5 Å². The molecule has 4 N–H and O–H groups in total. The van der Waals surface area contributed by atoms with Crippen LogP contribution in [-0.2, 0) is 6.42 Å². The third-order valence-electron chi connectivity index (χ3n) is 3.02. The van der Waals surface area contributed by atoms with Gasteiger partial charge in [0.15, 0.2) is 0 Å². The van der Waals surface area contributed by atoms with Crippen molar-refractivity contribution in [2.24, 2.45) is 0 Å². The van der Waals surface area contributed by atoms with Gasteiger partial charge in [-0.3, -0.25) is 0 Å². The Labute approximate surface area is 115 Å². The summed E-state index contributed by atoms with van der Waals surface area (Å²) in [5, 5.41) is 0.558. The van der Waals surface area contributed by atoms with E-state index in [2.05, 4.69) is 18.7 Å². The predicted molar refractivity (Wildman–Crippen MR) is 81.0 cm³/mol. The van der Waals surface area contributed by atoms with Crippen molar-refractivity contribution in [3.63, 3.8) is 0 Å². The van der Waals surface area contributed by atoms with Crippen molar-refractivity contribution in [2.45, 2.75) is 33.1 Å². The highest BCUT2D eigenvalue weighted by Gasteiger charge is 2.06. The largest absolute Gasteiger partial charge is 0.397 e. The molecule has 4 heteroatoms. The van der Waals surface area contributed by atoms with E-state index in [4.69, 9.17) is 23.1 Å². The second kappa shape index (κ2) is 7.49. The van der Waals surface area contributed by atoms with Crippen LogP contribution in [0, 0.1) is 0 Å². The fraction of sp³-hybridized carbons (Fsp3) is 0.571. The summed E-state index contributed by atoms with van der Waals surface area (Å²) < 4.78 is 0. The van der Waals surface area contributed by atoms with Gasteiger partial charge >= 0.3 is 0 Å². The van der Waals surface area contributed by atoms with Crippen LogP contribution >= 0.6 is 11.6 Å². The number of hydrogen-bond acceptors (Lipinski definition) is 3. The summed E-state index contributed by atoms with van der Waals surface area (Å²) in [5.74, 6) is 0. The number of benzene rings is 1. The predicted octanol–water partition coefficient (Wildman–Crippen LogP) is 3.17. The Balaban J connectivity index is 2.61. The molecule has 102 valence electrons. The number of rotatable bonds is 7. The Morgan fingerprint density at radius 1 is 1.06 bits per heavy atom. The maximum atomic E-state index is 6.04. The number of nitrogens with zero attached hydrogens (tertiary/aromatic N) is 1. The first kappa shape index (κ1) is 15.1. The van der Waals surface area contributed by atoms with Crippen molar-refractivity contribution in [1.29, 1.82) is 0 Å². The second-order valence-electron chi connectivity index (χ2n) is 4.67. The van der Waals surface area contributed by atoms with Crippen molar-refractivity contribution >= 4 is 23.0 Å². The maximum Gasteiger partial charge on any atom is 0.0737 e. The van der Waals surface area contributed by atoms with Crippen LogP contribution in [0.5, 0.6) is 0 Å². The number of halogens is 1. The van der Waals surface area contributed by atoms with Crippen LogP contribution in [0.25, 0.3) is 0 Å². The average Bonchev–Trinajstić information content (AvgIpc) is 2.33. The van der Waals surface area contributed by atoms with Crippen molar-refractivity contribution in [3.05, 3.63) is 22.7 Å². The van der Waals surface area contributed by atoms with E-state index in [-0.39, 0.29) is 0 Å².